The van der Waals surface area contributed by atoms with Crippen LogP contribution in [-0.2, 0) is 33.2 Å². The lowest BCUT2D eigenvalue weighted by molar-refractivity contribution is -0.379. The zero-order valence-corrected chi connectivity index (χ0v) is 64.4. The van der Waals surface area contributed by atoms with Gasteiger partial charge in [-0.2, -0.15) is 0 Å². The molecule has 0 aromatic rings. The van der Waals surface area contributed by atoms with E-state index in [1.807, 2.05) is 0 Å². The Bertz CT molecular complexity index is 1820. The van der Waals surface area contributed by atoms with Crippen molar-refractivity contribution in [1.82, 2.24) is 5.32 Å². The topological polar surface area (TPSA) is 307 Å². The van der Waals surface area contributed by atoms with Crippen LogP contribution in [0, 0.1) is 0 Å². The third-order valence-electron chi connectivity index (χ3n) is 21.9. The summed E-state index contributed by atoms with van der Waals surface area (Å²) in [6.07, 6.45) is 47.8. The monoisotopic (exact) mass is 1450 g/mol. The summed E-state index contributed by atoms with van der Waals surface area (Å²) in [6.45, 7) is 1.88. The molecule has 0 aromatic carbocycles. The van der Waals surface area contributed by atoms with Crippen LogP contribution in [0.2, 0.25) is 0 Å². The van der Waals surface area contributed by atoms with E-state index in [0.29, 0.717) is 12.8 Å². The summed E-state index contributed by atoms with van der Waals surface area (Å²) in [5.41, 5.74) is 0. The van der Waals surface area contributed by atoms with E-state index in [2.05, 4.69) is 19.2 Å². The average Bonchev–Trinajstić information content (AvgIpc) is 0.797. The van der Waals surface area contributed by atoms with Gasteiger partial charge in [0.2, 0.25) is 5.91 Å². The van der Waals surface area contributed by atoms with Gasteiger partial charge < -0.3 is 89.9 Å². The molecule has 3 saturated heterocycles. The Labute approximate surface area is 614 Å². The number of unbranched alkanes of at least 4 members (excludes halogenated alkanes) is 54. The van der Waals surface area contributed by atoms with Crippen molar-refractivity contribution in [3.05, 3.63) is 0 Å². The molecular weight excluding hydrogens is 1290 g/mol. The largest absolute Gasteiger partial charge is 0.394 e. The van der Waals surface area contributed by atoms with Gasteiger partial charge in [0.05, 0.1) is 38.6 Å². The van der Waals surface area contributed by atoms with Gasteiger partial charge in [0.1, 0.15) is 73.2 Å². The zero-order valence-electron chi connectivity index (χ0n) is 64.4. The highest BCUT2D eigenvalue weighted by molar-refractivity contribution is 5.76. The molecule has 0 aliphatic carbocycles. The van der Waals surface area contributed by atoms with Crippen LogP contribution in [0.1, 0.15) is 386 Å². The van der Waals surface area contributed by atoms with E-state index in [-0.39, 0.29) is 18.9 Å². The van der Waals surface area contributed by atoms with Gasteiger partial charge >= 0.3 is 0 Å². The van der Waals surface area contributed by atoms with Crippen molar-refractivity contribution in [1.29, 1.82) is 0 Å². The Kier molecular flexibility index (Phi) is 59.3. The Morgan fingerprint density at radius 1 is 0.317 bits per heavy atom. The van der Waals surface area contributed by atoms with E-state index >= 15 is 0 Å². The third kappa shape index (κ3) is 43.5. The fourth-order valence-corrected chi connectivity index (χ4v) is 15.1. The molecule has 600 valence electrons. The van der Waals surface area contributed by atoms with Gasteiger partial charge in [0.15, 0.2) is 18.9 Å². The second-order valence-corrected chi connectivity index (χ2v) is 31.0. The molecule has 0 spiro atoms. The van der Waals surface area contributed by atoms with Crippen LogP contribution < -0.4 is 5.32 Å². The molecule has 3 aliphatic heterocycles. The molecule has 0 radical (unpaired) electrons. The number of rotatable bonds is 70. The molecule has 0 aromatic heterocycles. The van der Waals surface area contributed by atoms with Crippen LogP contribution in [-0.4, -0.2) is 193 Å². The molecule has 19 nitrogen and oxygen atoms in total. The van der Waals surface area contributed by atoms with Gasteiger partial charge in [-0.05, 0) is 12.8 Å². The maximum atomic E-state index is 13.5. The van der Waals surface area contributed by atoms with Crippen LogP contribution in [0.5, 0.6) is 0 Å². The quantitative estimate of drug-likeness (QED) is 0.0252. The lowest BCUT2D eigenvalue weighted by Crippen LogP contribution is -2.66. The molecule has 0 saturated carbocycles. The van der Waals surface area contributed by atoms with Crippen LogP contribution in [0.25, 0.3) is 0 Å². The second kappa shape index (κ2) is 63.7. The minimum absolute atomic E-state index is 0.232. The standard InChI is InChI=1S/C82H159NO18/c1-3-5-7-9-11-13-15-17-19-21-23-25-27-29-30-31-32-33-34-36-37-39-41-43-45-47-49-51-53-55-57-59-66(87)65(83-70(88)60-58-56-54-52-50-48-46-44-42-40-38-35-28-26-24-22-20-18-16-14-12-10-8-6-4-2)64-96-80-76(94)73(91)78(68(62-85)98-80)101-82-77(95)74(92)79(69(63-86)99-82)100-81-75(93)72(90)71(89)67(61-84)97-81/h65-69,71-82,84-87,89-95H,3-64H2,1-2H3,(H,83,88). The molecule has 3 rings (SSSR count). The van der Waals surface area contributed by atoms with Crippen molar-refractivity contribution in [3.8, 4) is 0 Å². The van der Waals surface area contributed by atoms with Gasteiger partial charge in [-0.25, -0.2) is 0 Å². The lowest BCUT2D eigenvalue weighted by atomic mass is 9.96. The van der Waals surface area contributed by atoms with Crippen molar-refractivity contribution < 1.29 is 89.4 Å². The lowest BCUT2D eigenvalue weighted by Gasteiger charge is -2.48. The number of amides is 1. The fraction of sp³-hybridized carbons (Fsp3) is 0.988. The van der Waals surface area contributed by atoms with E-state index < -0.39 is 124 Å². The average molecular weight is 1450 g/mol. The summed E-state index contributed by atoms with van der Waals surface area (Å²) in [5, 5.41) is 121. The number of aliphatic hydroxyl groups is 11. The van der Waals surface area contributed by atoms with Crippen LogP contribution in [0.3, 0.4) is 0 Å². The van der Waals surface area contributed by atoms with Crippen LogP contribution in [0.15, 0.2) is 0 Å². The first-order valence-corrected chi connectivity index (χ1v) is 42.8. The molecule has 12 N–H and O–H groups in total. The van der Waals surface area contributed by atoms with Crippen molar-refractivity contribution in [2.24, 2.45) is 0 Å². The van der Waals surface area contributed by atoms with E-state index in [0.717, 1.165) is 44.9 Å². The molecule has 3 aliphatic rings. The van der Waals surface area contributed by atoms with Crippen LogP contribution >= 0.6 is 0 Å². The van der Waals surface area contributed by atoms with E-state index in [1.165, 1.54) is 308 Å². The first-order chi connectivity index (χ1) is 49.3. The minimum atomic E-state index is -1.97. The Morgan fingerprint density at radius 2 is 0.564 bits per heavy atom. The maximum absolute atomic E-state index is 13.5. The van der Waals surface area contributed by atoms with Crippen molar-refractivity contribution >= 4 is 5.91 Å². The molecule has 0 bridgehead atoms. The number of carbonyl (C=O) groups excluding carboxylic acids is 1. The highest BCUT2D eigenvalue weighted by Gasteiger charge is 2.54. The van der Waals surface area contributed by atoms with Gasteiger partial charge in [0, 0.05) is 6.42 Å². The first-order valence-electron chi connectivity index (χ1n) is 42.8. The number of ether oxygens (including phenoxy) is 6. The Morgan fingerprint density at radius 3 is 0.861 bits per heavy atom. The zero-order chi connectivity index (χ0) is 73.2. The smallest absolute Gasteiger partial charge is 0.220 e. The van der Waals surface area contributed by atoms with Crippen molar-refractivity contribution in [2.75, 3.05) is 26.4 Å². The molecule has 17 atom stereocenters. The van der Waals surface area contributed by atoms with Gasteiger partial charge in [-0.15, -0.1) is 0 Å². The number of hydrogen-bond donors (Lipinski definition) is 12. The molecule has 3 fully saturated rings. The molecule has 3 heterocycles. The second-order valence-electron chi connectivity index (χ2n) is 31.0. The summed E-state index contributed by atoms with van der Waals surface area (Å²) in [4.78, 5) is 13.5. The molecule has 17 unspecified atom stereocenters. The number of nitrogens with one attached hydrogen (secondary N) is 1. The van der Waals surface area contributed by atoms with E-state index in [9.17, 15) is 61.0 Å². The number of carbonyl (C=O) groups is 1. The SMILES string of the molecule is CCCCCCCCCCCCCCCCCCCCCCCCCCCCCCCCCC(O)C(COC1OC(CO)C(OC2OC(CO)C(OC3OC(CO)C(O)C(O)C3O)C(O)C2O)C(O)C1O)NC(=O)CCCCCCCCCCCCCCCCCCCCCCCCCCC. The highest BCUT2D eigenvalue weighted by Crippen LogP contribution is 2.34. The predicted molar refractivity (Wildman–Crippen MR) is 402 cm³/mol. The normalized spacial score (nSPS) is 26.2. The summed E-state index contributed by atoms with van der Waals surface area (Å²) >= 11 is 0. The van der Waals surface area contributed by atoms with E-state index in [1.54, 1.807) is 0 Å². The Hall–Kier alpha value is -1.21. The predicted octanol–water partition coefficient (Wildman–Crippen LogP) is 15.0. The third-order valence-corrected chi connectivity index (χ3v) is 21.9. The minimum Gasteiger partial charge on any atom is -0.394 e. The van der Waals surface area contributed by atoms with Crippen molar-refractivity contribution in [3.63, 3.8) is 0 Å². The molecule has 1 amide bonds. The highest BCUT2D eigenvalue weighted by atomic mass is 16.8. The summed E-state index contributed by atoms with van der Waals surface area (Å²) in [7, 11) is 0. The fourth-order valence-electron chi connectivity index (χ4n) is 15.1. The first kappa shape index (κ1) is 94.0. The van der Waals surface area contributed by atoms with Gasteiger partial charge in [-0.1, -0.05) is 367 Å². The van der Waals surface area contributed by atoms with Gasteiger partial charge in [0.25, 0.3) is 0 Å². The maximum Gasteiger partial charge on any atom is 0.220 e. The molecule has 19 heteroatoms. The summed E-state index contributed by atoms with van der Waals surface area (Å²) in [6, 6.07) is -0.884. The van der Waals surface area contributed by atoms with Gasteiger partial charge in [-0.3, -0.25) is 4.79 Å². The van der Waals surface area contributed by atoms with E-state index in [4.69, 9.17) is 28.4 Å². The number of hydrogen-bond acceptors (Lipinski definition) is 18. The van der Waals surface area contributed by atoms with Crippen molar-refractivity contribution in [2.45, 2.75) is 491 Å². The summed E-state index contributed by atoms with van der Waals surface area (Å²) in [5.74, 6) is -0.232. The molecular formula is C82H159NO18. The van der Waals surface area contributed by atoms with Crippen LogP contribution in [0.4, 0.5) is 0 Å². The summed E-state index contributed by atoms with van der Waals surface area (Å²) < 4.78 is 34.6. The number of aliphatic hydroxyl groups excluding tert-OH is 11. The molecule has 101 heavy (non-hydrogen) atoms. The Balaban J connectivity index is 1.34.